The van der Waals surface area contributed by atoms with Crippen molar-refractivity contribution in [3.05, 3.63) is 12.2 Å². The number of fused-ring (bicyclic) bond motifs is 9. The van der Waals surface area contributed by atoms with Crippen molar-refractivity contribution in [2.45, 2.75) is 23.3 Å². The van der Waals surface area contributed by atoms with E-state index in [1.807, 2.05) is 0 Å². The summed E-state index contributed by atoms with van der Waals surface area (Å²) in [4.78, 5) is 0. The largest absolute Gasteiger partial charge is 0.108 e. The lowest BCUT2D eigenvalue weighted by molar-refractivity contribution is 0.178. The first-order valence-corrected chi connectivity index (χ1v) is 8.28. The second-order valence-electron chi connectivity index (χ2n) is 7.83. The Labute approximate surface area is 144 Å². The summed E-state index contributed by atoms with van der Waals surface area (Å²) in [5.41, 5.74) is 0. The summed E-state index contributed by atoms with van der Waals surface area (Å²) in [5.74, 6) is 2.95. The smallest absolute Gasteiger partial charge is 0.0612 e. The Hall–Kier alpha value is 0.389. The van der Waals surface area contributed by atoms with Gasteiger partial charge in [-0.1, -0.05) is 12.2 Å². The second-order valence-corrected chi connectivity index (χ2v) is 7.83. The van der Waals surface area contributed by atoms with Gasteiger partial charge in [-0.3, -0.25) is 0 Å². The molecule has 0 saturated heterocycles. The van der Waals surface area contributed by atoms with Crippen LogP contribution in [0.5, 0.6) is 0 Å². The molecule has 4 rings (SSSR count). The lowest BCUT2D eigenvalue weighted by atomic mass is 8.82. The molecular formula is C12H12B10. The van der Waals surface area contributed by atoms with Gasteiger partial charge in [-0.15, -0.1) is 10.4 Å². The zero-order chi connectivity index (χ0) is 15.9. The predicted octanol–water partition coefficient (Wildman–Crippen LogP) is -1.30. The standard InChI is InChI=1S/C12H12B10/c13-11(19-14)7-4-8(12(11,21(16)17)22(18)20-15)10-6-2-1-5(3-6)9(7)10/h1-2,5-10H,3-4H2. The molecule has 4 aliphatic rings. The van der Waals surface area contributed by atoms with Crippen LogP contribution in [0.15, 0.2) is 12.2 Å². The van der Waals surface area contributed by atoms with E-state index in [4.69, 9.17) is 46.5 Å². The van der Waals surface area contributed by atoms with E-state index in [0.717, 1.165) is 6.42 Å². The van der Waals surface area contributed by atoms with Crippen LogP contribution in [0.2, 0.25) is 10.4 Å². The Morgan fingerprint density at radius 1 is 0.955 bits per heavy atom. The minimum atomic E-state index is -0.763. The molecule has 0 N–H and O–H groups in total. The summed E-state index contributed by atoms with van der Waals surface area (Å²) in [5, 5.41) is -1.43. The molecule has 3 saturated carbocycles. The molecule has 4 bridgehead atoms. The maximum atomic E-state index is 6.87. The molecule has 90 valence electrons. The summed E-state index contributed by atoms with van der Waals surface area (Å²) in [7, 11) is 40.8. The maximum Gasteiger partial charge on any atom is 0.0612 e. The summed E-state index contributed by atoms with van der Waals surface area (Å²) in [6, 6.07) is 0. The van der Waals surface area contributed by atoms with Crippen molar-refractivity contribution in [2.24, 2.45) is 35.5 Å². The van der Waals surface area contributed by atoms with Crippen LogP contribution < -0.4 is 0 Å². The van der Waals surface area contributed by atoms with E-state index >= 15 is 0 Å². The average molecular weight is 264 g/mol. The quantitative estimate of drug-likeness (QED) is 0.336. The summed E-state index contributed by atoms with van der Waals surface area (Å²) >= 11 is 0. The zero-order valence-corrected chi connectivity index (χ0v) is 12.8. The first-order chi connectivity index (χ1) is 10.4. The van der Waals surface area contributed by atoms with Crippen molar-refractivity contribution >= 4 is 73.8 Å². The molecule has 14 radical (unpaired) electrons. The average Bonchev–Trinajstić information content (AvgIpc) is 3.22. The Morgan fingerprint density at radius 2 is 1.55 bits per heavy atom. The van der Waals surface area contributed by atoms with Gasteiger partial charge < -0.3 is 0 Å². The molecule has 22 heavy (non-hydrogen) atoms. The summed E-state index contributed by atoms with van der Waals surface area (Å²) in [6.45, 7) is -1.11. The number of rotatable bonds is 4. The van der Waals surface area contributed by atoms with Crippen molar-refractivity contribution in [1.29, 1.82) is 0 Å². The van der Waals surface area contributed by atoms with Crippen LogP contribution in [-0.2, 0) is 0 Å². The van der Waals surface area contributed by atoms with Gasteiger partial charge in [-0.2, -0.15) is 0 Å². The first-order valence-electron chi connectivity index (χ1n) is 8.28. The Morgan fingerprint density at radius 3 is 2.05 bits per heavy atom. The van der Waals surface area contributed by atoms with Gasteiger partial charge in [0.2, 0.25) is 0 Å². The van der Waals surface area contributed by atoms with E-state index in [1.165, 1.54) is 13.5 Å². The maximum absolute atomic E-state index is 6.87. The third-order valence-corrected chi connectivity index (χ3v) is 7.58. The second kappa shape index (κ2) is 4.95. The molecule has 0 aliphatic heterocycles. The van der Waals surface area contributed by atoms with Crippen LogP contribution in [0.3, 0.4) is 0 Å². The molecule has 10 heteroatoms. The van der Waals surface area contributed by atoms with Crippen molar-refractivity contribution in [1.82, 2.24) is 0 Å². The highest BCUT2D eigenvalue weighted by Crippen LogP contribution is 2.81. The molecule has 0 nitrogen and oxygen atoms in total. The van der Waals surface area contributed by atoms with Gasteiger partial charge in [-0.05, 0) is 48.3 Å². The van der Waals surface area contributed by atoms with E-state index < -0.39 is 23.4 Å². The van der Waals surface area contributed by atoms with Crippen LogP contribution in [-0.4, -0.2) is 73.8 Å². The molecule has 3 fully saturated rings. The highest BCUT2D eigenvalue weighted by atomic mass is 14.7. The third kappa shape index (κ3) is 1.50. The summed E-state index contributed by atoms with van der Waals surface area (Å²) < 4.78 is 0. The predicted molar refractivity (Wildman–Crippen MR) is 102 cm³/mol. The Bertz CT molecular complexity index is 510. The van der Waals surface area contributed by atoms with Crippen LogP contribution >= 0.6 is 0 Å². The van der Waals surface area contributed by atoms with Crippen LogP contribution in [0.25, 0.3) is 0 Å². The van der Waals surface area contributed by atoms with Gasteiger partial charge in [-0.25, -0.2) is 0 Å². The molecule has 0 aromatic carbocycles. The third-order valence-electron chi connectivity index (χ3n) is 7.58. The molecule has 8 atom stereocenters. The van der Waals surface area contributed by atoms with Crippen molar-refractivity contribution in [2.75, 3.05) is 0 Å². The molecule has 4 aliphatic carbocycles. The van der Waals surface area contributed by atoms with Gasteiger partial charge in [0.1, 0.15) is 0 Å². The van der Waals surface area contributed by atoms with E-state index in [0.29, 0.717) is 23.7 Å². The lowest BCUT2D eigenvalue weighted by Gasteiger charge is -2.63. The van der Waals surface area contributed by atoms with Gasteiger partial charge in [0.05, 0.1) is 15.0 Å². The fourth-order valence-electron chi connectivity index (χ4n) is 7.01. The Kier molecular flexibility index (Phi) is 3.57. The minimum Gasteiger partial charge on any atom is -0.108 e. The molecule has 0 spiro atoms. The highest BCUT2D eigenvalue weighted by molar-refractivity contribution is 7.53. The minimum absolute atomic E-state index is 0.280. The fraction of sp³-hybridized carbons (Fsp3) is 0.833. The van der Waals surface area contributed by atoms with Gasteiger partial charge >= 0.3 is 0 Å². The molecule has 8 unspecified atom stereocenters. The lowest BCUT2D eigenvalue weighted by Crippen LogP contribution is -2.64. The normalized spacial score (nSPS) is 53.5. The zero-order valence-electron chi connectivity index (χ0n) is 12.8. The monoisotopic (exact) mass is 266 g/mol. The van der Waals surface area contributed by atoms with Crippen LogP contribution in [0, 0.1) is 35.5 Å². The molecule has 0 aromatic heterocycles. The van der Waals surface area contributed by atoms with Crippen LogP contribution in [0.4, 0.5) is 0 Å². The summed E-state index contributed by atoms with van der Waals surface area (Å²) in [6.07, 6.45) is 6.95. The number of hydrogen-bond donors (Lipinski definition) is 0. The molecule has 0 amide bonds. The van der Waals surface area contributed by atoms with Gasteiger partial charge in [0, 0.05) is 58.7 Å². The van der Waals surface area contributed by atoms with Crippen molar-refractivity contribution in [3.63, 3.8) is 0 Å². The van der Waals surface area contributed by atoms with Gasteiger partial charge in [0.25, 0.3) is 0 Å². The molecular weight excluding hydrogens is 252 g/mol. The van der Waals surface area contributed by atoms with Gasteiger partial charge in [0.15, 0.2) is 0 Å². The highest BCUT2D eigenvalue weighted by Gasteiger charge is 2.73. The SMILES string of the molecule is [B][B]B([B])C1(B([B])[B])C2CC(C3C4C=CC(C4)C32)C1([B])[B][B]. The van der Waals surface area contributed by atoms with Crippen LogP contribution in [0.1, 0.15) is 12.8 Å². The van der Waals surface area contributed by atoms with Crippen molar-refractivity contribution < 1.29 is 0 Å². The molecule has 0 aromatic rings. The number of hydrogen-bond acceptors (Lipinski definition) is 0. The topological polar surface area (TPSA) is 0 Å². The Balaban J connectivity index is 1.86. The van der Waals surface area contributed by atoms with E-state index in [2.05, 4.69) is 12.2 Å². The molecule has 0 heterocycles. The fourth-order valence-corrected chi connectivity index (χ4v) is 7.01. The first kappa shape index (κ1) is 15.9. The van der Waals surface area contributed by atoms with E-state index in [1.54, 1.807) is 7.17 Å². The van der Waals surface area contributed by atoms with E-state index in [9.17, 15) is 0 Å². The van der Waals surface area contributed by atoms with E-state index in [-0.39, 0.29) is 11.8 Å². The number of allylic oxidation sites excluding steroid dienone is 2. The van der Waals surface area contributed by atoms with Crippen molar-refractivity contribution in [3.8, 4) is 0 Å².